The maximum atomic E-state index is 11.2. The van der Waals surface area contributed by atoms with Gasteiger partial charge in [0, 0.05) is 24.1 Å². The highest BCUT2D eigenvalue weighted by molar-refractivity contribution is 5.88. The lowest BCUT2D eigenvalue weighted by molar-refractivity contribution is 0.0695. The molecule has 1 N–H and O–H groups in total. The Bertz CT molecular complexity index is 883. The van der Waals surface area contributed by atoms with Crippen molar-refractivity contribution in [1.29, 1.82) is 5.26 Å². The number of carboxylic acids is 1. The maximum absolute atomic E-state index is 11.2. The monoisotopic (exact) mass is 280 g/mol. The summed E-state index contributed by atoms with van der Waals surface area (Å²) in [6.07, 6.45) is 3.24. The van der Waals surface area contributed by atoms with E-state index in [0.717, 1.165) is 10.9 Å². The van der Waals surface area contributed by atoms with Gasteiger partial charge in [-0.05, 0) is 24.3 Å². The molecule has 21 heavy (non-hydrogen) atoms. The van der Waals surface area contributed by atoms with Gasteiger partial charge in [0.15, 0.2) is 0 Å². The van der Waals surface area contributed by atoms with Crippen molar-refractivity contribution in [2.45, 2.75) is 6.54 Å². The Morgan fingerprint density at radius 1 is 1.43 bits per heavy atom. The third-order valence-electron chi connectivity index (χ3n) is 3.51. The predicted molar refractivity (Wildman–Crippen MR) is 75.9 cm³/mol. The molecule has 0 aliphatic heterocycles. The van der Waals surface area contributed by atoms with E-state index in [1.54, 1.807) is 17.8 Å². The molecule has 0 saturated heterocycles. The van der Waals surface area contributed by atoms with Crippen LogP contribution < -0.4 is 0 Å². The normalized spacial score (nSPS) is 10.7. The summed E-state index contributed by atoms with van der Waals surface area (Å²) in [5, 5.41) is 23.1. The number of benzene rings is 1. The van der Waals surface area contributed by atoms with Gasteiger partial charge in [0.2, 0.25) is 0 Å². The molecule has 0 atom stereocenters. The summed E-state index contributed by atoms with van der Waals surface area (Å²) in [5.74, 6) is -0.985. The van der Waals surface area contributed by atoms with E-state index in [4.69, 9.17) is 5.26 Å². The molecule has 0 aliphatic rings. The summed E-state index contributed by atoms with van der Waals surface area (Å²) in [4.78, 5) is 11.2. The highest BCUT2D eigenvalue weighted by Crippen LogP contribution is 2.19. The van der Waals surface area contributed by atoms with E-state index in [1.165, 1.54) is 6.20 Å². The molecule has 0 aliphatic carbocycles. The zero-order valence-electron chi connectivity index (χ0n) is 11.3. The van der Waals surface area contributed by atoms with Gasteiger partial charge in [-0.2, -0.15) is 10.4 Å². The van der Waals surface area contributed by atoms with E-state index in [-0.39, 0.29) is 5.56 Å². The first kappa shape index (κ1) is 12.9. The Morgan fingerprint density at radius 2 is 2.24 bits per heavy atom. The van der Waals surface area contributed by atoms with Crippen LogP contribution in [0.4, 0.5) is 0 Å². The number of aromatic nitrogens is 3. The van der Waals surface area contributed by atoms with E-state index < -0.39 is 5.97 Å². The van der Waals surface area contributed by atoms with Crippen LogP contribution in [0.1, 0.15) is 21.6 Å². The molecule has 6 heteroatoms. The van der Waals surface area contributed by atoms with Gasteiger partial charge in [-0.1, -0.05) is 0 Å². The number of aromatic carboxylic acids is 1. The predicted octanol–water partition coefficient (Wildman–Crippen LogP) is 1.99. The SMILES string of the molecule is Cn1ncc(C(=O)O)c1Cn1ccc2cc(C#N)ccc21. The third-order valence-corrected chi connectivity index (χ3v) is 3.51. The fourth-order valence-corrected chi connectivity index (χ4v) is 2.40. The average molecular weight is 280 g/mol. The standard InChI is InChI=1S/C15H12N4O2/c1-18-14(12(8-17-18)15(20)21)9-19-5-4-11-6-10(7-16)2-3-13(11)19/h2-6,8H,9H2,1H3,(H,20,21). The van der Waals surface area contributed by atoms with Crippen molar-refractivity contribution in [1.82, 2.24) is 14.3 Å². The first-order valence-electron chi connectivity index (χ1n) is 6.33. The van der Waals surface area contributed by atoms with Crippen molar-refractivity contribution < 1.29 is 9.90 Å². The molecule has 0 radical (unpaired) electrons. The molecular formula is C15H12N4O2. The van der Waals surface area contributed by atoms with E-state index >= 15 is 0 Å². The lowest BCUT2D eigenvalue weighted by Crippen LogP contribution is -2.09. The molecule has 0 unspecified atom stereocenters. The minimum absolute atomic E-state index is 0.202. The zero-order chi connectivity index (χ0) is 15.0. The second kappa shape index (κ2) is 4.80. The molecular weight excluding hydrogens is 268 g/mol. The second-order valence-corrected chi connectivity index (χ2v) is 4.76. The number of carboxylic acid groups (broad SMARTS) is 1. The first-order valence-corrected chi connectivity index (χ1v) is 6.33. The van der Waals surface area contributed by atoms with Gasteiger partial charge in [-0.3, -0.25) is 4.68 Å². The van der Waals surface area contributed by atoms with Crippen molar-refractivity contribution in [2.75, 3.05) is 0 Å². The van der Waals surface area contributed by atoms with E-state index in [9.17, 15) is 9.90 Å². The second-order valence-electron chi connectivity index (χ2n) is 4.76. The molecule has 0 saturated carbocycles. The van der Waals surface area contributed by atoms with Crippen LogP contribution >= 0.6 is 0 Å². The molecule has 1 aromatic carbocycles. The van der Waals surface area contributed by atoms with Crippen molar-refractivity contribution >= 4 is 16.9 Å². The Balaban J connectivity index is 2.05. The molecule has 104 valence electrons. The van der Waals surface area contributed by atoms with Crippen LogP contribution in [0, 0.1) is 11.3 Å². The molecule has 3 rings (SSSR count). The summed E-state index contributed by atoms with van der Waals surface area (Å²) >= 11 is 0. The summed E-state index contributed by atoms with van der Waals surface area (Å²) in [6.45, 7) is 0.410. The highest BCUT2D eigenvalue weighted by atomic mass is 16.4. The zero-order valence-corrected chi connectivity index (χ0v) is 11.3. The van der Waals surface area contributed by atoms with Crippen LogP contribution in [-0.4, -0.2) is 25.4 Å². The van der Waals surface area contributed by atoms with Gasteiger partial charge in [-0.25, -0.2) is 4.79 Å². The lowest BCUT2D eigenvalue weighted by atomic mass is 10.2. The molecule has 0 bridgehead atoms. The number of hydrogen-bond donors (Lipinski definition) is 1. The number of nitrogens with zero attached hydrogens (tertiary/aromatic N) is 4. The number of fused-ring (bicyclic) bond motifs is 1. The Kier molecular flexibility index (Phi) is 2.95. The van der Waals surface area contributed by atoms with Gasteiger partial charge in [0.1, 0.15) is 5.56 Å². The van der Waals surface area contributed by atoms with Gasteiger partial charge in [-0.15, -0.1) is 0 Å². The first-order chi connectivity index (χ1) is 10.1. The lowest BCUT2D eigenvalue weighted by Gasteiger charge is -2.07. The number of nitriles is 1. The smallest absolute Gasteiger partial charge is 0.339 e. The fraction of sp³-hybridized carbons (Fsp3) is 0.133. The molecule has 0 spiro atoms. The fourth-order valence-electron chi connectivity index (χ4n) is 2.40. The molecule has 6 nitrogen and oxygen atoms in total. The summed E-state index contributed by atoms with van der Waals surface area (Å²) in [6, 6.07) is 9.44. The summed E-state index contributed by atoms with van der Waals surface area (Å²) in [7, 11) is 1.72. The highest BCUT2D eigenvalue weighted by Gasteiger charge is 2.16. The van der Waals surface area contributed by atoms with Gasteiger partial charge >= 0.3 is 5.97 Å². The minimum atomic E-state index is -0.985. The van der Waals surface area contributed by atoms with Gasteiger partial charge < -0.3 is 9.67 Å². The van der Waals surface area contributed by atoms with Crippen molar-refractivity contribution in [3.63, 3.8) is 0 Å². The van der Waals surface area contributed by atoms with Crippen LogP contribution in [0.25, 0.3) is 10.9 Å². The van der Waals surface area contributed by atoms with E-state index in [0.29, 0.717) is 17.8 Å². The largest absolute Gasteiger partial charge is 0.478 e. The average Bonchev–Trinajstić information content (AvgIpc) is 3.04. The number of carbonyl (C=O) groups is 1. The van der Waals surface area contributed by atoms with Crippen LogP contribution in [0.5, 0.6) is 0 Å². The van der Waals surface area contributed by atoms with Gasteiger partial charge in [0.25, 0.3) is 0 Å². The molecule has 2 heterocycles. The molecule has 2 aromatic heterocycles. The topological polar surface area (TPSA) is 83.8 Å². The molecule has 3 aromatic rings. The van der Waals surface area contributed by atoms with Crippen LogP contribution in [0.15, 0.2) is 36.7 Å². The van der Waals surface area contributed by atoms with E-state index in [2.05, 4.69) is 11.2 Å². The summed E-state index contributed by atoms with van der Waals surface area (Å²) in [5.41, 5.74) is 2.39. The number of rotatable bonds is 3. The Hall–Kier alpha value is -3.07. The third kappa shape index (κ3) is 2.15. The Labute approximate surface area is 120 Å². The Morgan fingerprint density at radius 3 is 2.95 bits per heavy atom. The number of hydrogen-bond acceptors (Lipinski definition) is 3. The van der Waals surface area contributed by atoms with E-state index in [1.807, 2.05) is 29.0 Å². The van der Waals surface area contributed by atoms with Crippen molar-refractivity contribution in [3.05, 3.63) is 53.5 Å². The van der Waals surface area contributed by atoms with Crippen LogP contribution in [0.3, 0.4) is 0 Å². The maximum Gasteiger partial charge on any atom is 0.339 e. The summed E-state index contributed by atoms with van der Waals surface area (Å²) < 4.78 is 3.51. The quantitative estimate of drug-likeness (QED) is 0.795. The van der Waals surface area contributed by atoms with Crippen LogP contribution in [-0.2, 0) is 13.6 Å². The van der Waals surface area contributed by atoms with Gasteiger partial charge in [0.05, 0.1) is 30.1 Å². The molecule has 0 fully saturated rings. The van der Waals surface area contributed by atoms with Crippen molar-refractivity contribution in [2.24, 2.45) is 7.05 Å². The minimum Gasteiger partial charge on any atom is -0.478 e. The molecule has 0 amide bonds. The number of aryl methyl sites for hydroxylation is 1. The van der Waals surface area contributed by atoms with Crippen LogP contribution in [0.2, 0.25) is 0 Å². The van der Waals surface area contributed by atoms with Crippen molar-refractivity contribution in [3.8, 4) is 6.07 Å².